The van der Waals surface area contributed by atoms with E-state index in [-0.39, 0.29) is 23.6 Å². The minimum absolute atomic E-state index is 0.113. The number of carbonyl (C=O) groups is 2. The molecule has 3 unspecified atom stereocenters. The van der Waals surface area contributed by atoms with Crippen molar-refractivity contribution in [3.63, 3.8) is 0 Å². The van der Waals surface area contributed by atoms with Crippen LogP contribution in [0.2, 0.25) is 0 Å². The summed E-state index contributed by atoms with van der Waals surface area (Å²) in [6.07, 6.45) is 1.24. The first-order chi connectivity index (χ1) is 13.1. The summed E-state index contributed by atoms with van der Waals surface area (Å²) in [5.74, 6) is -0.927. The molecule has 2 aliphatic rings. The number of allylic oxidation sites excluding steroid dienone is 2. The molecule has 3 heterocycles. The molecule has 0 amide bonds. The Morgan fingerprint density at radius 1 is 1.22 bits per heavy atom. The number of Topliss-reactive ketones (excluding diaryl/α,β-unsaturated/α-hetero) is 1. The molecule has 0 fully saturated rings. The van der Waals surface area contributed by atoms with Crippen molar-refractivity contribution < 1.29 is 14.3 Å². The van der Waals surface area contributed by atoms with Gasteiger partial charge in [-0.15, -0.1) is 22.7 Å². The second-order valence-electron chi connectivity index (χ2n) is 6.81. The molecular formula is C21H21NO3S2. The summed E-state index contributed by atoms with van der Waals surface area (Å²) >= 11 is 3.25. The number of thiophene rings is 2. The number of ether oxygens (including phenoxy) is 1. The fourth-order valence-electron chi connectivity index (χ4n) is 4.06. The van der Waals surface area contributed by atoms with Crippen LogP contribution in [0.1, 0.15) is 41.4 Å². The van der Waals surface area contributed by atoms with Crippen LogP contribution < -0.4 is 5.32 Å². The first-order valence-electron chi connectivity index (χ1n) is 9.05. The van der Waals surface area contributed by atoms with Crippen molar-refractivity contribution in [3.05, 3.63) is 68.3 Å². The highest BCUT2D eigenvalue weighted by Crippen LogP contribution is 2.48. The van der Waals surface area contributed by atoms with Crippen molar-refractivity contribution in [3.8, 4) is 0 Å². The molecule has 0 bridgehead atoms. The Morgan fingerprint density at radius 2 is 1.93 bits per heavy atom. The third kappa shape index (κ3) is 3.28. The summed E-state index contributed by atoms with van der Waals surface area (Å²) in [5, 5.41) is 7.32. The Bertz CT molecular complexity index is 896. The summed E-state index contributed by atoms with van der Waals surface area (Å²) in [4.78, 5) is 28.1. The maximum absolute atomic E-state index is 13.2. The first-order valence-corrected chi connectivity index (χ1v) is 10.8. The van der Waals surface area contributed by atoms with Crippen LogP contribution in [0.5, 0.6) is 0 Å². The molecule has 0 saturated heterocycles. The third-order valence-electron chi connectivity index (χ3n) is 5.17. The van der Waals surface area contributed by atoms with E-state index < -0.39 is 5.92 Å². The lowest BCUT2D eigenvalue weighted by atomic mass is 9.71. The maximum atomic E-state index is 13.2. The van der Waals surface area contributed by atoms with Gasteiger partial charge in [0, 0.05) is 45.0 Å². The Balaban J connectivity index is 1.77. The smallest absolute Gasteiger partial charge is 0.315 e. The van der Waals surface area contributed by atoms with Gasteiger partial charge in [0.2, 0.25) is 0 Å². The Labute approximate surface area is 166 Å². The van der Waals surface area contributed by atoms with Crippen molar-refractivity contribution in [2.45, 2.75) is 31.6 Å². The first kappa shape index (κ1) is 18.2. The van der Waals surface area contributed by atoms with Gasteiger partial charge in [0.15, 0.2) is 5.78 Å². The van der Waals surface area contributed by atoms with Gasteiger partial charge in [-0.3, -0.25) is 9.59 Å². The fourth-order valence-corrected chi connectivity index (χ4v) is 5.76. The fraction of sp³-hybridized carbons (Fsp3) is 0.333. The van der Waals surface area contributed by atoms with Gasteiger partial charge in [-0.1, -0.05) is 18.7 Å². The van der Waals surface area contributed by atoms with Crippen LogP contribution in [0, 0.1) is 5.92 Å². The highest BCUT2D eigenvalue weighted by molar-refractivity contribution is 7.10. The summed E-state index contributed by atoms with van der Waals surface area (Å²) in [5.41, 5.74) is 2.26. The van der Waals surface area contributed by atoms with Crippen molar-refractivity contribution in [2.24, 2.45) is 5.92 Å². The molecule has 0 spiro atoms. The molecule has 2 aromatic heterocycles. The van der Waals surface area contributed by atoms with Crippen LogP contribution in [0.25, 0.3) is 0 Å². The van der Waals surface area contributed by atoms with E-state index in [1.165, 1.54) is 4.88 Å². The van der Waals surface area contributed by atoms with Crippen LogP contribution in [-0.4, -0.2) is 18.4 Å². The molecule has 0 saturated carbocycles. The van der Waals surface area contributed by atoms with Gasteiger partial charge in [0.25, 0.3) is 0 Å². The second kappa shape index (κ2) is 7.44. The molecule has 6 heteroatoms. The highest BCUT2D eigenvalue weighted by Gasteiger charge is 2.45. The van der Waals surface area contributed by atoms with Gasteiger partial charge >= 0.3 is 5.97 Å². The van der Waals surface area contributed by atoms with Crippen molar-refractivity contribution in [1.29, 1.82) is 0 Å². The summed E-state index contributed by atoms with van der Waals surface area (Å²) < 4.78 is 5.31. The average molecular weight is 400 g/mol. The van der Waals surface area contributed by atoms with Crippen LogP contribution >= 0.6 is 22.7 Å². The Morgan fingerprint density at radius 3 is 2.56 bits per heavy atom. The van der Waals surface area contributed by atoms with Gasteiger partial charge in [-0.2, -0.15) is 0 Å². The van der Waals surface area contributed by atoms with Crippen molar-refractivity contribution in [1.82, 2.24) is 5.32 Å². The quantitative estimate of drug-likeness (QED) is 0.764. The largest absolute Gasteiger partial charge is 0.465 e. The SMILES string of the molecule is C=C1NC2=C(C(=O)CC(c3cccs3)C2)C(c2cccs2)C1C(=O)OCC. The zero-order chi connectivity index (χ0) is 19.0. The predicted molar refractivity (Wildman–Crippen MR) is 108 cm³/mol. The molecular weight excluding hydrogens is 378 g/mol. The molecule has 0 radical (unpaired) electrons. The van der Waals surface area contributed by atoms with E-state index in [0.29, 0.717) is 18.7 Å². The van der Waals surface area contributed by atoms with E-state index in [9.17, 15) is 9.59 Å². The van der Waals surface area contributed by atoms with Crippen LogP contribution in [0.15, 0.2) is 58.6 Å². The zero-order valence-corrected chi connectivity index (χ0v) is 16.7. The van der Waals surface area contributed by atoms with Crippen LogP contribution in [-0.2, 0) is 14.3 Å². The third-order valence-corrected chi connectivity index (χ3v) is 7.17. The van der Waals surface area contributed by atoms with Gasteiger partial charge in [0.1, 0.15) is 5.92 Å². The molecule has 1 aliphatic heterocycles. The molecule has 3 atom stereocenters. The topological polar surface area (TPSA) is 55.4 Å². The van der Waals surface area contributed by atoms with Gasteiger partial charge in [-0.05, 0) is 36.2 Å². The number of hydrogen-bond donors (Lipinski definition) is 1. The average Bonchev–Trinajstić information content (AvgIpc) is 3.34. The summed E-state index contributed by atoms with van der Waals surface area (Å²) in [6.45, 7) is 6.21. The normalized spacial score (nSPS) is 25.1. The minimum atomic E-state index is -0.579. The molecule has 4 rings (SSSR count). The Kier molecular flexibility index (Phi) is 5.02. The van der Waals surface area contributed by atoms with E-state index >= 15 is 0 Å². The number of esters is 1. The lowest BCUT2D eigenvalue weighted by Gasteiger charge is -2.39. The van der Waals surface area contributed by atoms with Crippen LogP contribution in [0.3, 0.4) is 0 Å². The molecule has 140 valence electrons. The van der Waals surface area contributed by atoms with Gasteiger partial charge in [-0.25, -0.2) is 0 Å². The number of nitrogens with one attached hydrogen (secondary N) is 1. The monoisotopic (exact) mass is 399 g/mol. The highest BCUT2D eigenvalue weighted by atomic mass is 32.1. The van der Waals surface area contributed by atoms with E-state index in [1.54, 1.807) is 29.6 Å². The van der Waals surface area contributed by atoms with Crippen molar-refractivity contribution in [2.75, 3.05) is 6.61 Å². The second-order valence-corrected chi connectivity index (χ2v) is 8.77. The molecule has 27 heavy (non-hydrogen) atoms. The number of carbonyl (C=O) groups excluding carboxylic acids is 2. The van der Waals surface area contributed by atoms with E-state index in [4.69, 9.17) is 4.74 Å². The molecule has 4 nitrogen and oxygen atoms in total. The number of hydrogen-bond acceptors (Lipinski definition) is 6. The molecule has 1 aliphatic carbocycles. The van der Waals surface area contributed by atoms with E-state index in [1.807, 2.05) is 29.0 Å². The molecule has 1 N–H and O–H groups in total. The van der Waals surface area contributed by atoms with Gasteiger partial charge < -0.3 is 10.1 Å². The molecule has 0 aromatic carbocycles. The minimum Gasteiger partial charge on any atom is -0.465 e. The zero-order valence-electron chi connectivity index (χ0n) is 15.1. The van der Waals surface area contributed by atoms with E-state index in [0.717, 1.165) is 22.6 Å². The van der Waals surface area contributed by atoms with Gasteiger partial charge in [0.05, 0.1) is 6.61 Å². The Hall–Kier alpha value is -2.18. The number of ketones is 1. The van der Waals surface area contributed by atoms with Crippen LogP contribution in [0.4, 0.5) is 0 Å². The lowest BCUT2D eigenvalue weighted by Crippen LogP contribution is -2.41. The summed E-state index contributed by atoms with van der Waals surface area (Å²) in [7, 11) is 0. The van der Waals surface area contributed by atoms with E-state index in [2.05, 4.69) is 18.0 Å². The van der Waals surface area contributed by atoms with Crippen molar-refractivity contribution >= 4 is 34.4 Å². The number of rotatable bonds is 4. The lowest BCUT2D eigenvalue weighted by molar-refractivity contribution is -0.147. The standard InChI is InChI=1S/C21H21NO3S2/c1-3-25-21(24)18-12(2)22-14-10-13(16-6-4-8-26-16)11-15(23)19(14)20(18)17-7-5-9-27-17/h4-9,13,18,20,22H,2-3,10-11H2,1H3. The maximum Gasteiger partial charge on any atom is 0.315 e. The molecule has 2 aromatic rings. The predicted octanol–water partition coefficient (Wildman–Crippen LogP) is 4.59. The summed E-state index contributed by atoms with van der Waals surface area (Å²) in [6, 6.07) is 8.05.